The van der Waals surface area contributed by atoms with E-state index in [-0.39, 0.29) is 5.91 Å². The number of hydrogen-bond donors (Lipinski definition) is 2. The molecule has 1 aromatic carbocycles. The first-order chi connectivity index (χ1) is 14.4. The summed E-state index contributed by atoms with van der Waals surface area (Å²) in [5.41, 5.74) is 3.70. The Labute approximate surface area is 181 Å². The van der Waals surface area contributed by atoms with Gasteiger partial charge in [0.05, 0.1) is 19.7 Å². The number of aryl methyl sites for hydroxylation is 1. The van der Waals surface area contributed by atoms with Gasteiger partial charge < -0.3 is 25.2 Å². The predicted octanol–water partition coefficient (Wildman–Crippen LogP) is 0.907. The molecule has 0 saturated carbocycles. The number of benzene rings is 1. The second-order valence-electron chi connectivity index (χ2n) is 7.78. The average Bonchev–Trinajstić information content (AvgIpc) is 2.72. The Morgan fingerprint density at radius 3 is 2.53 bits per heavy atom. The van der Waals surface area contributed by atoms with E-state index in [1.807, 2.05) is 0 Å². The van der Waals surface area contributed by atoms with Gasteiger partial charge in [0.25, 0.3) is 0 Å². The maximum atomic E-state index is 12.0. The molecular formula is C22H38N6O2. The summed E-state index contributed by atoms with van der Waals surface area (Å²) in [5, 5.41) is 6.30. The van der Waals surface area contributed by atoms with Crippen LogP contribution in [0.25, 0.3) is 0 Å². The number of nitrogens with zero attached hydrogens (tertiary/aromatic N) is 4. The van der Waals surface area contributed by atoms with Gasteiger partial charge in [-0.05, 0) is 37.1 Å². The summed E-state index contributed by atoms with van der Waals surface area (Å²) in [6.45, 7) is 10.7. The molecule has 1 aliphatic heterocycles. The van der Waals surface area contributed by atoms with Crippen LogP contribution in [-0.4, -0.2) is 95.3 Å². The third kappa shape index (κ3) is 7.50. The monoisotopic (exact) mass is 418 g/mol. The number of hydrogen-bond acceptors (Lipinski definition) is 5. The zero-order valence-corrected chi connectivity index (χ0v) is 19.2. The fraction of sp³-hybridized carbons (Fsp3) is 0.636. The van der Waals surface area contributed by atoms with E-state index >= 15 is 0 Å². The number of ether oxygens (including phenoxy) is 1. The fourth-order valence-corrected chi connectivity index (χ4v) is 3.39. The van der Waals surface area contributed by atoms with Gasteiger partial charge >= 0.3 is 0 Å². The topological polar surface area (TPSA) is 72.4 Å². The molecule has 0 radical (unpaired) electrons. The smallest absolute Gasteiger partial charge is 0.234 e. The minimum Gasteiger partial charge on any atom is -0.383 e. The number of rotatable bonds is 9. The molecule has 0 bridgehead atoms. The van der Waals surface area contributed by atoms with E-state index in [2.05, 4.69) is 71.5 Å². The molecule has 1 amide bonds. The molecule has 0 spiro atoms. The Hall–Kier alpha value is -2.32. The first-order valence-electron chi connectivity index (χ1n) is 10.7. The zero-order valence-electron chi connectivity index (χ0n) is 19.2. The largest absolute Gasteiger partial charge is 0.383 e. The normalized spacial score (nSPS) is 15.2. The van der Waals surface area contributed by atoms with Gasteiger partial charge in [0, 0.05) is 66.2 Å². The molecule has 30 heavy (non-hydrogen) atoms. The van der Waals surface area contributed by atoms with E-state index in [1.165, 1.54) is 16.8 Å². The van der Waals surface area contributed by atoms with Gasteiger partial charge in [0.2, 0.25) is 5.91 Å². The van der Waals surface area contributed by atoms with E-state index in [0.29, 0.717) is 26.2 Å². The fourth-order valence-electron chi connectivity index (χ4n) is 3.39. The van der Waals surface area contributed by atoms with E-state index in [9.17, 15) is 4.79 Å². The molecule has 8 heteroatoms. The molecule has 0 aromatic heterocycles. The Morgan fingerprint density at radius 2 is 1.93 bits per heavy atom. The van der Waals surface area contributed by atoms with Gasteiger partial charge in [0.15, 0.2) is 5.96 Å². The Balaban J connectivity index is 1.90. The second-order valence-corrected chi connectivity index (χ2v) is 7.78. The highest BCUT2D eigenvalue weighted by molar-refractivity contribution is 5.80. The maximum Gasteiger partial charge on any atom is 0.234 e. The highest BCUT2D eigenvalue weighted by atomic mass is 16.5. The SMILES string of the molecule is CCNC(=NCc1ccc(N(C)C)cc1C)N1CCN(CC(=O)NCCOC)CC1. The van der Waals surface area contributed by atoms with Crippen LogP contribution in [0.1, 0.15) is 18.1 Å². The number of aliphatic imine (C=N–C) groups is 1. The lowest BCUT2D eigenvalue weighted by Gasteiger charge is -2.36. The van der Waals surface area contributed by atoms with Crippen LogP contribution in [0.4, 0.5) is 5.69 Å². The molecule has 0 aliphatic carbocycles. The molecule has 1 heterocycles. The van der Waals surface area contributed by atoms with Crippen LogP contribution < -0.4 is 15.5 Å². The highest BCUT2D eigenvalue weighted by Gasteiger charge is 2.21. The molecule has 2 rings (SSSR count). The Kier molecular flexibility index (Phi) is 9.89. The molecule has 1 aromatic rings. The molecule has 8 nitrogen and oxygen atoms in total. The van der Waals surface area contributed by atoms with Crippen LogP contribution >= 0.6 is 0 Å². The average molecular weight is 419 g/mol. The van der Waals surface area contributed by atoms with Gasteiger partial charge in [-0.15, -0.1) is 0 Å². The van der Waals surface area contributed by atoms with Crippen LogP contribution in [0.2, 0.25) is 0 Å². The third-order valence-corrected chi connectivity index (χ3v) is 5.24. The molecule has 1 saturated heterocycles. The van der Waals surface area contributed by atoms with Crippen LogP contribution in [-0.2, 0) is 16.1 Å². The number of piperazine rings is 1. The van der Waals surface area contributed by atoms with Crippen molar-refractivity contribution < 1.29 is 9.53 Å². The summed E-state index contributed by atoms with van der Waals surface area (Å²) in [6.07, 6.45) is 0. The number of guanidine groups is 1. The van der Waals surface area contributed by atoms with E-state index < -0.39 is 0 Å². The van der Waals surface area contributed by atoms with E-state index in [0.717, 1.165) is 38.7 Å². The molecule has 1 fully saturated rings. The van der Waals surface area contributed by atoms with Gasteiger partial charge in [-0.1, -0.05) is 6.07 Å². The summed E-state index contributed by atoms with van der Waals surface area (Å²) in [5.74, 6) is 0.996. The lowest BCUT2D eigenvalue weighted by Crippen LogP contribution is -2.54. The second kappa shape index (κ2) is 12.4. The molecule has 2 N–H and O–H groups in total. The van der Waals surface area contributed by atoms with Crippen molar-refractivity contribution in [3.8, 4) is 0 Å². The first kappa shape index (κ1) is 24.0. The number of methoxy groups -OCH3 is 1. The quantitative estimate of drug-likeness (QED) is 0.353. The Morgan fingerprint density at radius 1 is 1.20 bits per heavy atom. The standard InChI is InChI=1S/C22H38N6O2/c1-6-23-22(25-16-19-7-8-20(26(3)4)15-18(19)2)28-12-10-27(11-13-28)17-21(29)24-9-14-30-5/h7-8,15H,6,9-14,16-17H2,1-5H3,(H,23,25)(H,24,29). The summed E-state index contributed by atoms with van der Waals surface area (Å²) in [4.78, 5) is 23.5. The van der Waals surface area contributed by atoms with Gasteiger partial charge in [-0.3, -0.25) is 9.69 Å². The summed E-state index contributed by atoms with van der Waals surface area (Å²) < 4.78 is 4.97. The van der Waals surface area contributed by atoms with E-state index in [1.54, 1.807) is 7.11 Å². The van der Waals surface area contributed by atoms with Gasteiger partial charge in [-0.25, -0.2) is 4.99 Å². The minimum absolute atomic E-state index is 0.0534. The van der Waals surface area contributed by atoms with Crippen molar-refractivity contribution in [3.63, 3.8) is 0 Å². The third-order valence-electron chi connectivity index (χ3n) is 5.24. The molecule has 0 unspecified atom stereocenters. The number of carbonyl (C=O) groups is 1. The lowest BCUT2D eigenvalue weighted by molar-refractivity contribution is -0.122. The van der Waals surface area contributed by atoms with Crippen LogP contribution in [0.5, 0.6) is 0 Å². The van der Waals surface area contributed by atoms with Crippen LogP contribution in [0.3, 0.4) is 0 Å². The molecule has 168 valence electrons. The lowest BCUT2D eigenvalue weighted by atomic mass is 10.1. The van der Waals surface area contributed by atoms with Crippen molar-refractivity contribution in [3.05, 3.63) is 29.3 Å². The van der Waals surface area contributed by atoms with Crippen LogP contribution in [0.15, 0.2) is 23.2 Å². The van der Waals surface area contributed by atoms with Crippen molar-refractivity contribution >= 4 is 17.6 Å². The maximum absolute atomic E-state index is 12.0. The number of carbonyl (C=O) groups excluding carboxylic acids is 1. The van der Waals surface area contributed by atoms with Crippen LogP contribution in [0, 0.1) is 6.92 Å². The number of nitrogens with one attached hydrogen (secondary N) is 2. The molecule has 1 aliphatic rings. The highest BCUT2D eigenvalue weighted by Crippen LogP contribution is 2.18. The number of amides is 1. The van der Waals surface area contributed by atoms with Crippen molar-refractivity contribution in [2.45, 2.75) is 20.4 Å². The first-order valence-corrected chi connectivity index (χ1v) is 10.7. The van der Waals surface area contributed by atoms with Gasteiger partial charge in [-0.2, -0.15) is 0 Å². The van der Waals surface area contributed by atoms with Crippen molar-refractivity contribution in [1.29, 1.82) is 0 Å². The van der Waals surface area contributed by atoms with Crippen molar-refractivity contribution in [2.75, 3.05) is 78.5 Å². The minimum atomic E-state index is 0.0534. The zero-order chi connectivity index (χ0) is 21.9. The molecular weight excluding hydrogens is 380 g/mol. The summed E-state index contributed by atoms with van der Waals surface area (Å²) in [7, 11) is 5.74. The summed E-state index contributed by atoms with van der Waals surface area (Å²) in [6, 6.07) is 6.51. The Bertz CT molecular complexity index is 699. The van der Waals surface area contributed by atoms with Crippen molar-refractivity contribution in [1.82, 2.24) is 20.4 Å². The molecule has 0 atom stereocenters. The summed E-state index contributed by atoms with van der Waals surface area (Å²) >= 11 is 0. The van der Waals surface area contributed by atoms with E-state index in [4.69, 9.17) is 9.73 Å². The van der Waals surface area contributed by atoms with Crippen molar-refractivity contribution in [2.24, 2.45) is 4.99 Å². The predicted molar refractivity (Wildman–Crippen MR) is 123 cm³/mol. The van der Waals surface area contributed by atoms with Gasteiger partial charge in [0.1, 0.15) is 0 Å². The number of anilines is 1.